The summed E-state index contributed by atoms with van der Waals surface area (Å²) < 4.78 is 14.0. The number of nitriles is 1. The molecule has 2 rings (SSSR count). The first-order valence-electron chi connectivity index (χ1n) is 10.7. The molecule has 1 heterocycles. The lowest BCUT2D eigenvalue weighted by Crippen LogP contribution is -2.51. The molecule has 12 heteroatoms. The maximum absolute atomic E-state index is 13.5. The number of nitrogens with one attached hydrogen (secondary N) is 2. The number of carbonyl (C=O) groups excluding carboxylic acids is 1. The predicted molar refractivity (Wildman–Crippen MR) is 129 cm³/mol. The van der Waals surface area contributed by atoms with E-state index in [0.29, 0.717) is 54.9 Å². The van der Waals surface area contributed by atoms with Gasteiger partial charge in [-0.05, 0) is 65.4 Å². The highest BCUT2D eigenvalue weighted by Crippen LogP contribution is 2.23. The summed E-state index contributed by atoms with van der Waals surface area (Å²) in [6.07, 6.45) is 2.28. The SMILES string of the molecule is CC(C)CN(NC(=O)N(CCCCCNC(=O)O)c1ccc(F)cc1)c1nc(C#N)ncc1Br. The van der Waals surface area contributed by atoms with Gasteiger partial charge in [-0.3, -0.25) is 9.91 Å². The van der Waals surface area contributed by atoms with Gasteiger partial charge in [0.05, 0.1) is 4.47 Å². The summed E-state index contributed by atoms with van der Waals surface area (Å²) in [4.78, 5) is 33.5. The van der Waals surface area contributed by atoms with Gasteiger partial charge in [-0.25, -0.2) is 24.4 Å². The van der Waals surface area contributed by atoms with E-state index in [0.717, 1.165) is 0 Å². The zero-order chi connectivity index (χ0) is 25.1. The van der Waals surface area contributed by atoms with E-state index in [1.165, 1.54) is 35.4 Å². The van der Waals surface area contributed by atoms with Gasteiger partial charge in [0.2, 0.25) is 5.82 Å². The number of carbonyl (C=O) groups is 2. The second-order valence-electron chi connectivity index (χ2n) is 7.82. The first-order chi connectivity index (χ1) is 16.2. The van der Waals surface area contributed by atoms with Crippen LogP contribution in [0.25, 0.3) is 0 Å². The number of halogens is 2. The molecule has 2 aromatic rings. The zero-order valence-corrected chi connectivity index (χ0v) is 20.5. The van der Waals surface area contributed by atoms with Crippen LogP contribution in [0.1, 0.15) is 38.9 Å². The smallest absolute Gasteiger partial charge is 0.404 e. The van der Waals surface area contributed by atoms with Gasteiger partial charge >= 0.3 is 12.1 Å². The highest BCUT2D eigenvalue weighted by atomic mass is 79.9. The first kappa shape index (κ1) is 26.8. The van der Waals surface area contributed by atoms with Crippen LogP contribution in [0.15, 0.2) is 34.9 Å². The number of anilines is 2. The summed E-state index contributed by atoms with van der Waals surface area (Å²) in [5.74, 6) is 0.0342. The molecular weight excluding hydrogens is 509 g/mol. The molecule has 10 nitrogen and oxygen atoms in total. The molecule has 0 fully saturated rings. The Hall–Kier alpha value is -3.46. The quantitative estimate of drug-likeness (QED) is 0.288. The fourth-order valence-electron chi connectivity index (χ4n) is 3.06. The molecule has 0 aliphatic rings. The maximum Gasteiger partial charge on any atom is 0.404 e. The van der Waals surface area contributed by atoms with Gasteiger partial charge < -0.3 is 10.4 Å². The van der Waals surface area contributed by atoms with Crippen molar-refractivity contribution < 1.29 is 19.1 Å². The van der Waals surface area contributed by atoms with E-state index >= 15 is 0 Å². The molecule has 0 atom stereocenters. The number of urea groups is 1. The Kier molecular flexibility index (Phi) is 10.5. The molecule has 34 heavy (non-hydrogen) atoms. The summed E-state index contributed by atoms with van der Waals surface area (Å²) in [5, 5.41) is 21.7. The summed E-state index contributed by atoms with van der Waals surface area (Å²) in [7, 11) is 0. The van der Waals surface area contributed by atoms with Crippen LogP contribution in [0.2, 0.25) is 0 Å². The number of hydrogen-bond acceptors (Lipinski definition) is 6. The van der Waals surface area contributed by atoms with Gasteiger partial charge in [0.1, 0.15) is 11.9 Å². The zero-order valence-electron chi connectivity index (χ0n) is 19.0. The van der Waals surface area contributed by atoms with Crippen molar-refractivity contribution in [2.24, 2.45) is 5.92 Å². The number of unbranched alkanes of at least 4 members (excludes halogenated alkanes) is 2. The summed E-state index contributed by atoms with van der Waals surface area (Å²) in [6.45, 7) is 5.01. The van der Waals surface area contributed by atoms with Crippen LogP contribution in [0.5, 0.6) is 0 Å². The van der Waals surface area contributed by atoms with Crippen molar-refractivity contribution in [3.63, 3.8) is 0 Å². The molecule has 1 aromatic heterocycles. The van der Waals surface area contributed by atoms with Crippen LogP contribution in [-0.2, 0) is 0 Å². The number of hydrazine groups is 1. The van der Waals surface area contributed by atoms with Crippen LogP contribution in [-0.4, -0.2) is 46.8 Å². The Bertz CT molecular complexity index is 1010. The van der Waals surface area contributed by atoms with Crippen LogP contribution in [0, 0.1) is 23.1 Å². The molecule has 3 amide bonds. The number of nitrogens with zero attached hydrogens (tertiary/aromatic N) is 5. The van der Waals surface area contributed by atoms with Crippen molar-refractivity contribution in [2.75, 3.05) is 29.5 Å². The van der Waals surface area contributed by atoms with Crippen molar-refractivity contribution in [1.29, 1.82) is 5.26 Å². The van der Waals surface area contributed by atoms with Gasteiger partial charge in [0, 0.05) is 31.5 Å². The van der Waals surface area contributed by atoms with E-state index < -0.39 is 17.9 Å². The second-order valence-corrected chi connectivity index (χ2v) is 8.67. The van der Waals surface area contributed by atoms with Crippen LogP contribution in [0.4, 0.5) is 25.5 Å². The van der Waals surface area contributed by atoms with Crippen molar-refractivity contribution >= 4 is 39.6 Å². The third-order valence-corrected chi connectivity index (χ3v) is 5.14. The summed E-state index contributed by atoms with van der Waals surface area (Å²) >= 11 is 3.38. The van der Waals surface area contributed by atoms with Crippen molar-refractivity contribution in [3.05, 3.63) is 46.6 Å². The Balaban J connectivity index is 2.20. The van der Waals surface area contributed by atoms with Crippen molar-refractivity contribution in [2.45, 2.75) is 33.1 Å². The molecule has 0 spiro atoms. The lowest BCUT2D eigenvalue weighted by molar-refractivity contribution is 0.194. The van der Waals surface area contributed by atoms with E-state index in [9.17, 15) is 19.2 Å². The van der Waals surface area contributed by atoms with Crippen molar-refractivity contribution in [3.8, 4) is 6.07 Å². The molecule has 0 radical (unpaired) electrons. The average molecular weight is 536 g/mol. The number of carboxylic acid groups (broad SMARTS) is 1. The molecule has 0 aliphatic carbocycles. The Morgan fingerprint density at radius 2 is 1.94 bits per heavy atom. The second kappa shape index (κ2) is 13.3. The standard InChI is InChI=1S/C22H27BrFN7O3/c1-15(2)14-31(20-18(23)13-27-19(12-25)28-20)29-21(32)30(17-8-6-16(24)7-9-17)11-5-3-4-10-26-22(33)34/h6-9,13,15,26H,3-5,10-11,14H2,1-2H3,(H,29,32)(H,33,34). The largest absolute Gasteiger partial charge is 0.465 e. The molecule has 0 unspecified atom stereocenters. The van der Waals surface area contributed by atoms with Gasteiger partial charge in [-0.1, -0.05) is 13.8 Å². The highest BCUT2D eigenvalue weighted by Gasteiger charge is 2.22. The van der Waals surface area contributed by atoms with Gasteiger partial charge in [0.25, 0.3) is 0 Å². The number of hydrogen-bond donors (Lipinski definition) is 3. The Labute approximate surface area is 205 Å². The Morgan fingerprint density at radius 3 is 2.56 bits per heavy atom. The van der Waals surface area contributed by atoms with Gasteiger partial charge in [-0.2, -0.15) is 10.2 Å². The van der Waals surface area contributed by atoms with Crippen molar-refractivity contribution in [1.82, 2.24) is 20.7 Å². The minimum atomic E-state index is -1.08. The molecule has 1 aromatic carbocycles. The molecule has 0 bridgehead atoms. The lowest BCUT2D eigenvalue weighted by Gasteiger charge is -2.31. The van der Waals surface area contributed by atoms with E-state index in [2.05, 4.69) is 36.6 Å². The molecule has 0 aliphatic heterocycles. The average Bonchev–Trinajstić information content (AvgIpc) is 2.78. The fraction of sp³-hybridized carbons (Fsp3) is 0.409. The molecular formula is C22H27BrFN7O3. The molecule has 182 valence electrons. The number of rotatable bonds is 11. The topological polar surface area (TPSA) is 134 Å². The molecule has 0 saturated carbocycles. The van der Waals surface area contributed by atoms with Crippen LogP contribution >= 0.6 is 15.9 Å². The monoisotopic (exact) mass is 535 g/mol. The van der Waals surface area contributed by atoms with Gasteiger partial charge in [0.15, 0.2) is 5.82 Å². The number of aromatic nitrogens is 2. The third-order valence-electron chi connectivity index (χ3n) is 4.58. The Morgan fingerprint density at radius 1 is 1.24 bits per heavy atom. The van der Waals surface area contributed by atoms with Crippen LogP contribution in [0.3, 0.4) is 0 Å². The van der Waals surface area contributed by atoms with Gasteiger partial charge in [-0.15, -0.1) is 0 Å². The lowest BCUT2D eigenvalue weighted by atomic mass is 10.2. The van der Waals surface area contributed by atoms with E-state index in [4.69, 9.17) is 5.11 Å². The summed E-state index contributed by atoms with van der Waals surface area (Å²) in [6, 6.07) is 7.02. The molecule has 3 N–H and O–H groups in total. The maximum atomic E-state index is 13.5. The fourth-order valence-corrected chi connectivity index (χ4v) is 3.47. The third kappa shape index (κ3) is 8.47. The number of benzene rings is 1. The highest BCUT2D eigenvalue weighted by molar-refractivity contribution is 9.10. The first-order valence-corrected chi connectivity index (χ1v) is 11.5. The predicted octanol–water partition coefficient (Wildman–Crippen LogP) is 4.28. The van der Waals surface area contributed by atoms with Crippen LogP contribution < -0.4 is 20.7 Å². The minimum absolute atomic E-state index is 0.0356. The minimum Gasteiger partial charge on any atom is -0.465 e. The van der Waals surface area contributed by atoms with E-state index in [-0.39, 0.29) is 11.7 Å². The van der Waals surface area contributed by atoms with E-state index in [1.54, 1.807) is 5.01 Å². The summed E-state index contributed by atoms with van der Waals surface area (Å²) in [5.41, 5.74) is 3.35. The molecule has 0 saturated heterocycles. The van der Waals surface area contributed by atoms with E-state index in [1.807, 2.05) is 19.9 Å². The normalized spacial score (nSPS) is 10.5. The number of amides is 3.